The molecule has 1 saturated heterocycles. The molecule has 0 aliphatic carbocycles. The SMILES string of the molecule is CCOc1ccccc1NC(=O)N1CCN(CCCc2ccccc2)CC1. The Kier molecular flexibility index (Phi) is 7.11. The number of carbonyl (C=O) groups is 1. The van der Waals surface area contributed by atoms with Crippen molar-refractivity contribution < 1.29 is 9.53 Å². The van der Waals surface area contributed by atoms with Crippen LogP contribution in [-0.4, -0.2) is 55.2 Å². The quantitative estimate of drug-likeness (QED) is 0.808. The summed E-state index contributed by atoms with van der Waals surface area (Å²) in [5.74, 6) is 0.716. The summed E-state index contributed by atoms with van der Waals surface area (Å²) in [5.41, 5.74) is 2.12. The number of anilines is 1. The molecule has 5 nitrogen and oxygen atoms in total. The van der Waals surface area contributed by atoms with E-state index < -0.39 is 0 Å². The maximum absolute atomic E-state index is 12.6. The van der Waals surface area contributed by atoms with Crippen molar-refractivity contribution in [3.8, 4) is 5.75 Å². The molecule has 1 aliphatic rings. The van der Waals surface area contributed by atoms with Crippen LogP contribution >= 0.6 is 0 Å². The van der Waals surface area contributed by atoms with Gasteiger partial charge in [0.05, 0.1) is 12.3 Å². The van der Waals surface area contributed by atoms with Gasteiger partial charge in [0.25, 0.3) is 0 Å². The smallest absolute Gasteiger partial charge is 0.322 e. The third kappa shape index (κ3) is 5.73. The zero-order valence-corrected chi connectivity index (χ0v) is 16.1. The lowest BCUT2D eigenvalue weighted by Crippen LogP contribution is -2.50. The van der Waals surface area contributed by atoms with Crippen molar-refractivity contribution in [3.05, 3.63) is 60.2 Å². The van der Waals surface area contributed by atoms with Gasteiger partial charge in [-0.3, -0.25) is 4.90 Å². The van der Waals surface area contributed by atoms with E-state index in [0.717, 1.165) is 51.3 Å². The first-order chi connectivity index (χ1) is 13.3. The molecule has 3 rings (SSSR count). The fourth-order valence-electron chi connectivity index (χ4n) is 3.37. The molecule has 0 aromatic heterocycles. The van der Waals surface area contributed by atoms with Crippen LogP contribution in [0.15, 0.2) is 54.6 Å². The summed E-state index contributed by atoms with van der Waals surface area (Å²) < 4.78 is 5.58. The number of urea groups is 1. The number of ether oxygens (including phenoxy) is 1. The number of aryl methyl sites for hydroxylation is 1. The Hall–Kier alpha value is -2.53. The van der Waals surface area contributed by atoms with Crippen LogP contribution in [0.4, 0.5) is 10.5 Å². The zero-order valence-electron chi connectivity index (χ0n) is 16.1. The molecule has 2 amide bonds. The summed E-state index contributed by atoms with van der Waals surface area (Å²) in [7, 11) is 0. The molecule has 0 saturated carbocycles. The highest BCUT2D eigenvalue weighted by Crippen LogP contribution is 2.24. The molecule has 27 heavy (non-hydrogen) atoms. The summed E-state index contributed by atoms with van der Waals surface area (Å²) in [5, 5.41) is 2.99. The zero-order chi connectivity index (χ0) is 18.9. The minimum Gasteiger partial charge on any atom is -0.492 e. The normalized spacial score (nSPS) is 14.8. The summed E-state index contributed by atoms with van der Waals surface area (Å²) in [6, 6.07) is 18.1. The third-order valence-corrected chi connectivity index (χ3v) is 4.87. The second kappa shape index (κ2) is 9.97. The lowest BCUT2D eigenvalue weighted by molar-refractivity contribution is 0.146. The van der Waals surface area contributed by atoms with Crippen LogP contribution in [0.3, 0.4) is 0 Å². The predicted molar refractivity (Wildman–Crippen MR) is 109 cm³/mol. The number of benzene rings is 2. The molecule has 144 valence electrons. The fourth-order valence-corrected chi connectivity index (χ4v) is 3.37. The second-order valence-corrected chi connectivity index (χ2v) is 6.78. The molecule has 2 aromatic rings. The number of hydrogen-bond donors (Lipinski definition) is 1. The van der Waals surface area contributed by atoms with Crippen molar-refractivity contribution in [1.29, 1.82) is 0 Å². The van der Waals surface area contributed by atoms with Crippen molar-refractivity contribution in [2.24, 2.45) is 0 Å². The minimum absolute atomic E-state index is 0.0499. The van der Waals surface area contributed by atoms with Gasteiger partial charge in [0.15, 0.2) is 0 Å². The van der Waals surface area contributed by atoms with Crippen LogP contribution in [0.1, 0.15) is 18.9 Å². The second-order valence-electron chi connectivity index (χ2n) is 6.78. The molecular weight excluding hydrogens is 338 g/mol. The summed E-state index contributed by atoms with van der Waals surface area (Å²) in [6.45, 7) is 6.97. The van der Waals surface area contributed by atoms with Crippen molar-refractivity contribution >= 4 is 11.7 Å². The van der Waals surface area contributed by atoms with Crippen LogP contribution in [0.25, 0.3) is 0 Å². The Morgan fingerprint density at radius 2 is 1.70 bits per heavy atom. The van der Waals surface area contributed by atoms with Gasteiger partial charge in [-0.15, -0.1) is 0 Å². The molecule has 1 aliphatic heterocycles. The molecule has 0 radical (unpaired) electrons. The monoisotopic (exact) mass is 367 g/mol. The van der Waals surface area contributed by atoms with Gasteiger partial charge < -0.3 is 15.0 Å². The van der Waals surface area contributed by atoms with E-state index in [9.17, 15) is 4.79 Å². The Morgan fingerprint density at radius 1 is 1.00 bits per heavy atom. The van der Waals surface area contributed by atoms with E-state index in [0.29, 0.717) is 12.4 Å². The van der Waals surface area contributed by atoms with Gasteiger partial charge >= 0.3 is 6.03 Å². The van der Waals surface area contributed by atoms with E-state index >= 15 is 0 Å². The minimum atomic E-state index is -0.0499. The number of carbonyl (C=O) groups excluding carboxylic acids is 1. The fraction of sp³-hybridized carbons (Fsp3) is 0.409. The van der Waals surface area contributed by atoms with Gasteiger partial charge in [-0.05, 0) is 44.0 Å². The number of rotatable bonds is 7. The summed E-state index contributed by atoms with van der Waals surface area (Å²) in [6.07, 6.45) is 2.26. The Labute approximate surface area is 161 Å². The average Bonchev–Trinajstić information content (AvgIpc) is 2.71. The van der Waals surface area contributed by atoms with E-state index in [4.69, 9.17) is 4.74 Å². The highest BCUT2D eigenvalue weighted by atomic mass is 16.5. The number of para-hydroxylation sites is 2. The molecule has 1 fully saturated rings. The van der Waals surface area contributed by atoms with E-state index in [1.165, 1.54) is 5.56 Å². The van der Waals surface area contributed by atoms with Crippen molar-refractivity contribution in [1.82, 2.24) is 9.80 Å². The molecule has 5 heteroatoms. The number of hydrogen-bond acceptors (Lipinski definition) is 3. The molecule has 0 bridgehead atoms. The maximum atomic E-state index is 12.6. The first-order valence-corrected chi connectivity index (χ1v) is 9.80. The third-order valence-electron chi connectivity index (χ3n) is 4.87. The Bertz CT molecular complexity index is 713. The number of piperazine rings is 1. The Morgan fingerprint density at radius 3 is 2.44 bits per heavy atom. The Balaban J connectivity index is 1.41. The van der Waals surface area contributed by atoms with E-state index in [-0.39, 0.29) is 6.03 Å². The van der Waals surface area contributed by atoms with E-state index in [1.807, 2.05) is 36.1 Å². The summed E-state index contributed by atoms with van der Waals surface area (Å²) in [4.78, 5) is 16.9. The summed E-state index contributed by atoms with van der Waals surface area (Å²) >= 11 is 0. The molecule has 0 unspecified atom stereocenters. The molecule has 0 spiro atoms. The predicted octanol–water partition coefficient (Wildman–Crippen LogP) is 3.87. The average molecular weight is 367 g/mol. The van der Waals surface area contributed by atoms with Crippen LogP contribution in [0, 0.1) is 0 Å². The van der Waals surface area contributed by atoms with Crippen molar-refractivity contribution in [2.45, 2.75) is 19.8 Å². The van der Waals surface area contributed by atoms with Gasteiger partial charge in [-0.1, -0.05) is 42.5 Å². The van der Waals surface area contributed by atoms with Gasteiger partial charge in [-0.25, -0.2) is 4.79 Å². The van der Waals surface area contributed by atoms with Crippen LogP contribution < -0.4 is 10.1 Å². The van der Waals surface area contributed by atoms with Crippen LogP contribution in [0.5, 0.6) is 5.75 Å². The maximum Gasteiger partial charge on any atom is 0.322 e. The number of amides is 2. The standard InChI is InChI=1S/C22H29N3O2/c1-2-27-21-13-7-6-12-20(21)23-22(26)25-17-15-24(16-18-25)14-8-11-19-9-4-3-5-10-19/h3-7,9-10,12-13H,2,8,11,14-18H2,1H3,(H,23,26). The highest BCUT2D eigenvalue weighted by molar-refractivity contribution is 5.91. The molecule has 1 N–H and O–H groups in total. The van der Waals surface area contributed by atoms with Crippen LogP contribution in [0.2, 0.25) is 0 Å². The lowest BCUT2D eigenvalue weighted by atomic mass is 10.1. The van der Waals surface area contributed by atoms with E-state index in [2.05, 4.69) is 40.5 Å². The molecule has 0 atom stereocenters. The number of nitrogens with one attached hydrogen (secondary N) is 1. The van der Waals surface area contributed by atoms with Gasteiger partial charge in [0, 0.05) is 26.2 Å². The lowest BCUT2D eigenvalue weighted by Gasteiger charge is -2.34. The highest BCUT2D eigenvalue weighted by Gasteiger charge is 2.21. The van der Waals surface area contributed by atoms with Gasteiger partial charge in [-0.2, -0.15) is 0 Å². The number of nitrogens with zero attached hydrogens (tertiary/aromatic N) is 2. The molecule has 2 aromatic carbocycles. The van der Waals surface area contributed by atoms with Crippen LogP contribution in [-0.2, 0) is 6.42 Å². The first-order valence-electron chi connectivity index (χ1n) is 9.80. The van der Waals surface area contributed by atoms with Crippen molar-refractivity contribution in [3.63, 3.8) is 0 Å². The van der Waals surface area contributed by atoms with Gasteiger partial charge in [0.2, 0.25) is 0 Å². The molecule has 1 heterocycles. The largest absolute Gasteiger partial charge is 0.492 e. The van der Waals surface area contributed by atoms with Crippen molar-refractivity contribution in [2.75, 3.05) is 44.6 Å². The topological polar surface area (TPSA) is 44.8 Å². The van der Waals surface area contributed by atoms with E-state index in [1.54, 1.807) is 0 Å². The van der Waals surface area contributed by atoms with Gasteiger partial charge in [0.1, 0.15) is 5.75 Å². The first kappa shape index (κ1) is 19.2. The molecular formula is C22H29N3O2.